The van der Waals surface area contributed by atoms with E-state index in [-0.39, 0.29) is 6.03 Å². The van der Waals surface area contributed by atoms with Crippen molar-refractivity contribution in [2.75, 3.05) is 51.3 Å². The number of carbonyl (C=O) groups is 1. The molecule has 5 heteroatoms. The average Bonchev–Trinajstić information content (AvgIpc) is 3.10. The lowest BCUT2D eigenvalue weighted by molar-refractivity contribution is 0.0252. The topological polar surface area (TPSA) is 44.8 Å². The lowest BCUT2D eigenvalue weighted by Gasteiger charge is -2.36. The third kappa shape index (κ3) is 4.15. The molecule has 1 atom stereocenters. The number of morpholine rings is 1. The molecule has 0 bridgehead atoms. The molecule has 1 unspecified atom stereocenters. The van der Waals surface area contributed by atoms with Crippen LogP contribution in [-0.4, -0.2) is 61.8 Å². The first-order chi connectivity index (χ1) is 12.3. The molecule has 2 fully saturated rings. The molecule has 2 saturated heterocycles. The summed E-state index contributed by atoms with van der Waals surface area (Å²) in [6.07, 6.45) is 5.89. The van der Waals surface area contributed by atoms with Gasteiger partial charge in [-0.15, -0.1) is 0 Å². The first-order valence-electron chi connectivity index (χ1n) is 9.76. The van der Waals surface area contributed by atoms with Crippen molar-refractivity contribution in [1.82, 2.24) is 9.80 Å². The summed E-state index contributed by atoms with van der Waals surface area (Å²) in [7, 11) is 0. The fraction of sp³-hybridized carbons (Fsp3) is 0.650. The fourth-order valence-corrected chi connectivity index (χ4v) is 4.40. The summed E-state index contributed by atoms with van der Waals surface area (Å²) in [4.78, 5) is 17.2. The van der Waals surface area contributed by atoms with Gasteiger partial charge in [0.25, 0.3) is 0 Å². The summed E-state index contributed by atoms with van der Waals surface area (Å²) >= 11 is 0. The van der Waals surface area contributed by atoms with Crippen molar-refractivity contribution in [3.05, 3.63) is 29.3 Å². The van der Waals surface area contributed by atoms with Gasteiger partial charge < -0.3 is 15.0 Å². The monoisotopic (exact) mass is 343 g/mol. The average molecular weight is 343 g/mol. The summed E-state index contributed by atoms with van der Waals surface area (Å²) in [5.74, 6) is 0.581. The van der Waals surface area contributed by atoms with Gasteiger partial charge in [0.05, 0.1) is 13.2 Å². The van der Waals surface area contributed by atoms with E-state index in [1.165, 1.54) is 30.4 Å². The number of amides is 2. The Morgan fingerprint density at radius 1 is 1.12 bits per heavy atom. The SMILES string of the molecule is O=C(Nc1ccc2c(c1)CCC2)N1CCCC(CN2CCOCC2)C1. The van der Waals surface area contributed by atoms with Gasteiger partial charge >= 0.3 is 6.03 Å². The van der Waals surface area contributed by atoms with Gasteiger partial charge in [-0.25, -0.2) is 4.79 Å². The number of benzene rings is 1. The maximum absolute atomic E-state index is 12.7. The second kappa shape index (κ2) is 7.75. The highest BCUT2D eigenvalue weighted by Crippen LogP contribution is 2.25. The number of carbonyl (C=O) groups excluding carboxylic acids is 1. The molecule has 0 radical (unpaired) electrons. The van der Waals surface area contributed by atoms with Gasteiger partial charge in [0.1, 0.15) is 0 Å². The zero-order valence-electron chi connectivity index (χ0n) is 15.0. The Balaban J connectivity index is 1.32. The summed E-state index contributed by atoms with van der Waals surface area (Å²) in [6.45, 7) is 6.57. The van der Waals surface area contributed by atoms with Gasteiger partial charge in [0.2, 0.25) is 0 Å². The zero-order valence-corrected chi connectivity index (χ0v) is 15.0. The number of aryl methyl sites for hydroxylation is 2. The summed E-state index contributed by atoms with van der Waals surface area (Å²) in [6, 6.07) is 6.45. The predicted octanol–water partition coefficient (Wildman–Crippen LogP) is 2.75. The van der Waals surface area contributed by atoms with Crippen molar-refractivity contribution in [3.8, 4) is 0 Å². The number of urea groups is 1. The molecule has 2 aliphatic heterocycles. The molecule has 25 heavy (non-hydrogen) atoms. The second-order valence-electron chi connectivity index (χ2n) is 7.63. The van der Waals surface area contributed by atoms with Crippen LogP contribution in [-0.2, 0) is 17.6 Å². The van der Waals surface area contributed by atoms with Crippen LogP contribution in [0.4, 0.5) is 10.5 Å². The van der Waals surface area contributed by atoms with E-state index in [1.807, 2.05) is 4.90 Å². The highest BCUT2D eigenvalue weighted by atomic mass is 16.5. The predicted molar refractivity (Wildman–Crippen MR) is 99.0 cm³/mol. The van der Waals surface area contributed by atoms with E-state index in [2.05, 4.69) is 28.4 Å². The molecule has 1 N–H and O–H groups in total. The number of fused-ring (bicyclic) bond motifs is 1. The zero-order chi connectivity index (χ0) is 17.1. The van der Waals surface area contributed by atoms with E-state index >= 15 is 0 Å². The summed E-state index contributed by atoms with van der Waals surface area (Å²) < 4.78 is 5.43. The summed E-state index contributed by atoms with van der Waals surface area (Å²) in [5, 5.41) is 3.12. The van der Waals surface area contributed by atoms with E-state index in [1.54, 1.807) is 0 Å². The third-order valence-corrected chi connectivity index (χ3v) is 5.78. The van der Waals surface area contributed by atoms with E-state index in [0.29, 0.717) is 5.92 Å². The van der Waals surface area contributed by atoms with Gasteiger partial charge in [0.15, 0.2) is 0 Å². The molecular weight excluding hydrogens is 314 g/mol. The molecule has 0 spiro atoms. The number of hydrogen-bond acceptors (Lipinski definition) is 3. The summed E-state index contributed by atoms with van der Waals surface area (Å²) in [5.41, 5.74) is 3.80. The number of nitrogens with one attached hydrogen (secondary N) is 1. The quantitative estimate of drug-likeness (QED) is 0.918. The number of hydrogen-bond donors (Lipinski definition) is 1. The lowest BCUT2D eigenvalue weighted by Crippen LogP contribution is -2.47. The Kier molecular flexibility index (Phi) is 5.22. The van der Waals surface area contributed by atoms with Crippen molar-refractivity contribution in [1.29, 1.82) is 0 Å². The molecule has 4 rings (SSSR count). The van der Waals surface area contributed by atoms with Crippen LogP contribution in [0, 0.1) is 5.92 Å². The van der Waals surface area contributed by atoms with Crippen LogP contribution in [0.15, 0.2) is 18.2 Å². The Hall–Kier alpha value is -1.59. The normalized spacial score (nSPS) is 24.2. The van der Waals surface area contributed by atoms with Gasteiger partial charge in [-0.05, 0) is 61.3 Å². The Morgan fingerprint density at radius 2 is 1.96 bits per heavy atom. The van der Waals surface area contributed by atoms with Crippen LogP contribution in [0.3, 0.4) is 0 Å². The standard InChI is InChI=1S/C20H29N3O2/c24-20(21-19-7-6-17-4-1-5-18(17)13-19)23-8-2-3-16(15-23)14-22-9-11-25-12-10-22/h6-7,13,16H,1-5,8-12,14-15H2,(H,21,24). The number of piperidine rings is 1. The maximum atomic E-state index is 12.7. The number of rotatable bonds is 3. The molecule has 3 aliphatic rings. The fourth-order valence-electron chi connectivity index (χ4n) is 4.40. The molecule has 1 aromatic carbocycles. The first kappa shape index (κ1) is 16.9. The van der Waals surface area contributed by atoms with Crippen LogP contribution >= 0.6 is 0 Å². The minimum atomic E-state index is 0.0598. The van der Waals surface area contributed by atoms with E-state index in [4.69, 9.17) is 4.74 Å². The second-order valence-corrected chi connectivity index (χ2v) is 7.63. The van der Waals surface area contributed by atoms with Crippen molar-refractivity contribution < 1.29 is 9.53 Å². The molecule has 2 heterocycles. The molecule has 1 aliphatic carbocycles. The van der Waals surface area contributed by atoms with E-state index in [9.17, 15) is 4.79 Å². The maximum Gasteiger partial charge on any atom is 0.321 e. The Bertz CT molecular complexity index is 613. The number of anilines is 1. The molecular formula is C20H29N3O2. The minimum Gasteiger partial charge on any atom is -0.379 e. The highest BCUT2D eigenvalue weighted by Gasteiger charge is 2.26. The number of ether oxygens (including phenoxy) is 1. The van der Waals surface area contributed by atoms with Crippen molar-refractivity contribution >= 4 is 11.7 Å². The van der Waals surface area contributed by atoms with Gasteiger partial charge in [-0.1, -0.05) is 6.07 Å². The number of likely N-dealkylation sites (tertiary alicyclic amines) is 1. The van der Waals surface area contributed by atoms with E-state index < -0.39 is 0 Å². The van der Waals surface area contributed by atoms with E-state index in [0.717, 1.165) is 64.5 Å². The van der Waals surface area contributed by atoms with Gasteiger partial charge in [0, 0.05) is 38.4 Å². The van der Waals surface area contributed by atoms with Crippen LogP contribution in [0.1, 0.15) is 30.4 Å². The minimum absolute atomic E-state index is 0.0598. The number of nitrogens with zero attached hydrogens (tertiary/aromatic N) is 2. The smallest absolute Gasteiger partial charge is 0.321 e. The van der Waals surface area contributed by atoms with Gasteiger partial charge in [-0.3, -0.25) is 4.90 Å². The van der Waals surface area contributed by atoms with Crippen LogP contribution < -0.4 is 5.32 Å². The molecule has 2 amide bonds. The van der Waals surface area contributed by atoms with Gasteiger partial charge in [-0.2, -0.15) is 0 Å². The Morgan fingerprint density at radius 3 is 2.84 bits per heavy atom. The molecule has 136 valence electrons. The first-order valence-corrected chi connectivity index (χ1v) is 9.76. The largest absolute Gasteiger partial charge is 0.379 e. The molecule has 1 aromatic rings. The third-order valence-electron chi connectivity index (χ3n) is 5.78. The van der Waals surface area contributed by atoms with Crippen LogP contribution in [0.25, 0.3) is 0 Å². The molecule has 0 saturated carbocycles. The molecule has 0 aromatic heterocycles. The van der Waals surface area contributed by atoms with Crippen molar-refractivity contribution in [3.63, 3.8) is 0 Å². The highest BCUT2D eigenvalue weighted by molar-refractivity contribution is 5.89. The lowest BCUT2D eigenvalue weighted by atomic mass is 9.97. The van der Waals surface area contributed by atoms with Crippen molar-refractivity contribution in [2.24, 2.45) is 5.92 Å². The van der Waals surface area contributed by atoms with Crippen LogP contribution in [0.2, 0.25) is 0 Å². The van der Waals surface area contributed by atoms with Crippen molar-refractivity contribution in [2.45, 2.75) is 32.1 Å². The Labute approximate surface area is 150 Å². The van der Waals surface area contributed by atoms with Crippen LogP contribution in [0.5, 0.6) is 0 Å². The molecule has 5 nitrogen and oxygen atoms in total.